The molecule has 0 saturated carbocycles. The highest BCUT2D eigenvalue weighted by Gasteiger charge is 2.37. The van der Waals surface area contributed by atoms with Crippen LogP contribution in [-0.4, -0.2) is 20.9 Å². The molecule has 6 nitrogen and oxygen atoms in total. The van der Waals surface area contributed by atoms with Crippen molar-refractivity contribution in [2.45, 2.75) is 43.9 Å². The van der Waals surface area contributed by atoms with Crippen LogP contribution in [0, 0.1) is 0 Å². The summed E-state index contributed by atoms with van der Waals surface area (Å²) >= 11 is 1.57. The van der Waals surface area contributed by atoms with Crippen molar-refractivity contribution < 1.29 is 9.79 Å². The molecule has 2 heterocycles. The number of thioether (sulfide) groups is 1. The van der Waals surface area contributed by atoms with Gasteiger partial charge >= 0.3 is 11.3 Å². The Morgan fingerprint density at radius 2 is 2.00 bits per heavy atom. The number of benzene rings is 2. The molecule has 1 aliphatic rings. The maximum Gasteiger partial charge on any atom is 0.325 e. The van der Waals surface area contributed by atoms with Crippen LogP contribution in [0.2, 0.25) is 0 Å². The van der Waals surface area contributed by atoms with Crippen LogP contribution in [0.15, 0.2) is 58.5 Å². The number of nitrogens with one attached hydrogen (secondary N) is 2. The average molecular weight is 410 g/mol. The van der Waals surface area contributed by atoms with Gasteiger partial charge in [0.05, 0.1) is 11.3 Å². The second kappa shape index (κ2) is 8.69. The van der Waals surface area contributed by atoms with Gasteiger partial charge in [0.1, 0.15) is 5.75 Å². The van der Waals surface area contributed by atoms with Gasteiger partial charge in [0.2, 0.25) is 5.16 Å². The molecule has 150 valence electrons. The van der Waals surface area contributed by atoms with Gasteiger partial charge in [-0.3, -0.25) is 9.78 Å². The highest BCUT2D eigenvalue weighted by atomic mass is 32.2. The molecule has 4 rings (SSSR count). The topological polar surface area (TPSA) is 81.9 Å². The SMILES string of the molecule is CCCCCCSc1n[n+]2c(c(=O)[nH]1)-c1ccccc1N[C@H]2c1cccc(O)c1. The van der Waals surface area contributed by atoms with E-state index < -0.39 is 0 Å². The van der Waals surface area contributed by atoms with Crippen molar-refractivity contribution in [2.75, 3.05) is 11.1 Å². The fourth-order valence-corrected chi connectivity index (χ4v) is 4.42. The van der Waals surface area contributed by atoms with E-state index >= 15 is 0 Å². The number of hydrogen-bond acceptors (Lipinski definition) is 5. The van der Waals surface area contributed by atoms with Gasteiger partial charge in [-0.2, -0.15) is 0 Å². The lowest BCUT2D eigenvalue weighted by Crippen LogP contribution is -2.55. The van der Waals surface area contributed by atoms with E-state index in [0.717, 1.165) is 29.0 Å². The molecule has 0 radical (unpaired) electrons. The van der Waals surface area contributed by atoms with Gasteiger partial charge in [-0.15, -0.1) is 0 Å². The molecule has 0 aliphatic carbocycles. The first-order valence-corrected chi connectivity index (χ1v) is 11.0. The van der Waals surface area contributed by atoms with E-state index in [9.17, 15) is 9.90 Å². The van der Waals surface area contributed by atoms with E-state index in [1.54, 1.807) is 34.6 Å². The van der Waals surface area contributed by atoms with E-state index in [0.29, 0.717) is 10.9 Å². The fraction of sp³-hybridized carbons (Fsp3) is 0.318. The zero-order valence-electron chi connectivity index (χ0n) is 16.4. The summed E-state index contributed by atoms with van der Waals surface area (Å²) in [5, 5.41) is 18.8. The van der Waals surface area contributed by atoms with Crippen molar-refractivity contribution >= 4 is 17.4 Å². The molecule has 29 heavy (non-hydrogen) atoms. The standard InChI is InChI=1S/C22H24N4O2S/c1-2-3-4-7-13-29-22-24-21(28)19-17-11-5-6-12-18(17)23-20(26(19)25-22)15-9-8-10-16(27)14-15/h5-6,8-12,14,20H,2-4,7,13H2,1H3,(H2,24,25,27,28)/p+1/t20-/m1/s1. The van der Waals surface area contributed by atoms with Crippen molar-refractivity contribution in [3.63, 3.8) is 0 Å². The van der Waals surface area contributed by atoms with Crippen LogP contribution in [0.5, 0.6) is 5.75 Å². The van der Waals surface area contributed by atoms with Gasteiger partial charge in [-0.25, -0.2) is 0 Å². The van der Waals surface area contributed by atoms with Crippen LogP contribution in [0.3, 0.4) is 0 Å². The first-order valence-electron chi connectivity index (χ1n) is 10.0. The Hall–Kier alpha value is -2.80. The molecule has 1 aliphatic heterocycles. The van der Waals surface area contributed by atoms with Crippen LogP contribution in [0.1, 0.15) is 44.3 Å². The highest BCUT2D eigenvalue weighted by Crippen LogP contribution is 2.32. The quantitative estimate of drug-likeness (QED) is 0.311. The highest BCUT2D eigenvalue weighted by molar-refractivity contribution is 7.99. The first kappa shape index (κ1) is 19.5. The number of unbranched alkanes of at least 4 members (excludes halogenated alkanes) is 3. The molecule has 3 aromatic rings. The summed E-state index contributed by atoms with van der Waals surface area (Å²) in [6.07, 6.45) is 4.33. The number of anilines is 1. The number of hydrogen-bond donors (Lipinski definition) is 3. The lowest BCUT2D eigenvalue weighted by molar-refractivity contribution is -0.759. The van der Waals surface area contributed by atoms with Crippen molar-refractivity contribution in [1.82, 2.24) is 10.1 Å². The van der Waals surface area contributed by atoms with Crippen LogP contribution in [-0.2, 0) is 0 Å². The number of aromatic amines is 1. The third-order valence-corrected chi connectivity index (χ3v) is 5.95. The van der Waals surface area contributed by atoms with E-state index in [2.05, 4.69) is 17.2 Å². The molecule has 7 heteroatoms. The van der Waals surface area contributed by atoms with Gasteiger partial charge in [0.15, 0.2) is 0 Å². The number of aromatic nitrogens is 3. The Morgan fingerprint density at radius 1 is 1.14 bits per heavy atom. The van der Waals surface area contributed by atoms with Crippen LogP contribution in [0.25, 0.3) is 11.3 Å². The molecule has 0 fully saturated rings. The molecule has 0 saturated heterocycles. The Kier molecular flexibility index (Phi) is 5.85. The molecule has 1 aromatic heterocycles. The number of para-hydroxylation sites is 1. The van der Waals surface area contributed by atoms with E-state index in [-0.39, 0.29) is 17.5 Å². The summed E-state index contributed by atoms with van der Waals surface area (Å²) in [6.45, 7) is 2.19. The minimum absolute atomic E-state index is 0.157. The van der Waals surface area contributed by atoms with Gasteiger partial charge in [-0.1, -0.05) is 56.1 Å². The molecule has 0 bridgehead atoms. The maximum atomic E-state index is 13.0. The Labute approximate surface area is 174 Å². The first-order chi connectivity index (χ1) is 14.2. The lowest BCUT2D eigenvalue weighted by atomic mass is 10.0. The minimum Gasteiger partial charge on any atom is -0.508 e. The molecule has 1 atom stereocenters. The van der Waals surface area contributed by atoms with Crippen molar-refractivity contribution in [1.29, 1.82) is 0 Å². The third-order valence-electron chi connectivity index (χ3n) is 5.00. The molecule has 0 amide bonds. The van der Waals surface area contributed by atoms with Crippen molar-refractivity contribution in [3.05, 3.63) is 64.4 Å². The normalized spacial score (nSPS) is 14.7. The Balaban J connectivity index is 1.74. The lowest BCUT2D eigenvalue weighted by Gasteiger charge is -2.22. The zero-order chi connectivity index (χ0) is 20.2. The zero-order valence-corrected chi connectivity index (χ0v) is 17.2. The summed E-state index contributed by atoms with van der Waals surface area (Å²) in [4.78, 5) is 16.0. The second-order valence-electron chi connectivity index (χ2n) is 7.15. The number of aromatic hydroxyl groups is 1. The Bertz CT molecular complexity index is 1070. The van der Waals surface area contributed by atoms with Crippen LogP contribution in [0.4, 0.5) is 5.69 Å². The predicted octanol–water partition coefficient (Wildman–Crippen LogP) is 4.07. The van der Waals surface area contributed by atoms with Crippen molar-refractivity contribution in [3.8, 4) is 17.0 Å². The number of phenols is 1. The summed E-state index contributed by atoms with van der Waals surface area (Å²) < 4.78 is 1.74. The fourth-order valence-electron chi connectivity index (χ4n) is 3.57. The van der Waals surface area contributed by atoms with Crippen LogP contribution >= 0.6 is 11.8 Å². The van der Waals surface area contributed by atoms with E-state index in [1.807, 2.05) is 30.3 Å². The number of fused-ring (bicyclic) bond motifs is 3. The largest absolute Gasteiger partial charge is 0.508 e. The van der Waals surface area contributed by atoms with Gasteiger partial charge in [0.25, 0.3) is 6.17 Å². The average Bonchev–Trinajstić information content (AvgIpc) is 2.73. The molecule has 2 aromatic carbocycles. The predicted molar refractivity (Wildman–Crippen MR) is 115 cm³/mol. The number of H-pyrrole nitrogens is 1. The second-order valence-corrected chi connectivity index (χ2v) is 8.23. The molecular weight excluding hydrogens is 384 g/mol. The number of rotatable bonds is 7. The smallest absolute Gasteiger partial charge is 0.325 e. The minimum atomic E-state index is -0.381. The molecule has 3 N–H and O–H groups in total. The number of nitrogens with zero attached hydrogens (tertiary/aromatic N) is 2. The van der Waals surface area contributed by atoms with Gasteiger partial charge in [-0.05, 0) is 41.4 Å². The van der Waals surface area contributed by atoms with Gasteiger partial charge in [0, 0.05) is 16.4 Å². The molecule has 0 unspecified atom stereocenters. The monoisotopic (exact) mass is 409 g/mol. The summed E-state index contributed by atoms with van der Waals surface area (Å²) in [7, 11) is 0. The van der Waals surface area contributed by atoms with E-state index in [4.69, 9.17) is 5.10 Å². The summed E-state index contributed by atoms with van der Waals surface area (Å²) in [5.74, 6) is 1.10. The van der Waals surface area contributed by atoms with Crippen molar-refractivity contribution in [2.24, 2.45) is 0 Å². The summed E-state index contributed by atoms with van der Waals surface area (Å²) in [5.41, 5.74) is 2.88. The maximum absolute atomic E-state index is 13.0. The number of phenolic OH excluding ortho intramolecular Hbond substituents is 1. The Morgan fingerprint density at radius 3 is 2.83 bits per heavy atom. The third kappa shape index (κ3) is 4.15. The van der Waals surface area contributed by atoms with E-state index in [1.165, 1.54) is 19.3 Å². The molecule has 0 spiro atoms. The van der Waals surface area contributed by atoms with Crippen LogP contribution < -0.4 is 15.6 Å². The summed E-state index contributed by atoms with van der Waals surface area (Å²) in [6, 6.07) is 14.8. The van der Waals surface area contributed by atoms with Gasteiger partial charge < -0.3 is 10.4 Å². The molecular formula is C22H25N4O2S+.